The van der Waals surface area contributed by atoms with Crippen molar-refractivity contribution in [2.75, 3.05) is 0 Å². The normalized spacial score (nSPS) is 13.9. The molecule has 0 saturated carbocycles. The van der Waals surface area contributed by atoms with Crippen LogP contribution in [0.2, 0.25) is 0 Å². The number of rotatable bonds is 1. The van der Waals surface area contributed by atoms with E-state index in [9.17, 15) is 0 Å². The number of hydrogen-bond acceptors (Lipinski definition) is 0. The first kappa shape index (κ1) is 5.14. The van der Waals surface area contributed by atoms with Crippen molar-refractivity contribution in [1.29, 1.82) is 0 Å². The lowest BCUT2D eigenvalue weighted by atomic mass is 9.91. The Morgan fingerprint density at radius 2 is 2.14 bits per heavy atom. The Kier molecular flexibility index (Phi) is 1.72. The maximum absolute atomic E-state index is 7.11. The molecular formula is C7H16. The monoisotopic (exact) mass is 102 g/mol. The summed E-state index contributed by atoms with van der Waals surface area (Å²) in [5.41, 5.74) is 0.259. The summed E-state index contributed by atoms with van der Waals surface area (Å²) in [7, 11) is 0. The fourth-order valence-corrected chi connectivity index (χ4v) is 0.677. The molecule has 44 valence electrons. The van der Waals surface area contributed by atoms with Gasteiger partial charge in [-0.1, -0.05) is 34.1 Å². The van der Waals surface area contributed by atoms with E-state index < -0.39 is 0 Å². The van der Waals surface area contributed by atoms with E-state index in [0.717, 1.165) is 0 Å². The Morgan fingerprint density at radius 3 is 2.29 bits per heavy atom. The van der Waals surface area contributed by atoms with Crippen LogP contribution in [-0.2, 0) is 0 Å². The predicted octanol–water partition coefficient (Wildman–Crippen LogP) is 2.83. The van der Waals surface area contributed by atoms with Crippen LogP contribution in [0.25, 0.3) is 0 Å². The molecule has 7 heavy (non-hydrogen) atoms. The van der Waals surface area contributed by atoms with E-state index in [1.54, 1.807) is 0 Å². The second-order valence-electron chi connectivity index (χ2n) is 2.91. The van der Waals surface area contributed by atoms with E-state index in [0.29, 0.717) is 6.90 Å². The molecule has 0 aliphatic rings. The van der Waals surface area contributed by atoms with Crippen molar-refractivity contribution in [3.63, 3.8) is 0 Å². The molecule has 0 aromatic rings. The van der Waals surface area contributed by atoms with Crippen LogP contribution in [-0.4, -0.2) is 0 Å². The van der Waals surface area contributed by atoms with Crippen LogP contribution in [0.3, 0.4) is 0 Å². The third kappa shape index (κ3) is 6.00. The SMILES string of the molecule is [3H]CC(C)(C)CCC. The minimum absolute atomic E-state index is 0.259. The molecule has 0 bridgehead atoms. The Balaban J connectivity index is 3.37. The van der Waals surface area contributed by atoms with Gasteiger partial charge >= 0.3 is 0 Å². The van der Waals surface area contributed by atoms with E-state index in [-0.39, 0.29) is 5.41 Å². The first-order chi connectivity index (χ1) is 3.62. The van der Waals surface area contributed by atoms with Crippen LogP contribution in [0.4, 0.5) is 0 Å². The van der Waals surface area contributed by atoms with Crippen molar-refractivity contribution in [2.24, 2.45) is 5.41 Å². The molecule has 0 aliphatic carbocycles. The summed E-state index contributed by atoms with van der Waals surface area (Å²) in [6, 6.07) is 0. The third-order valence-corrected chi connectivity index (χ3v) is 0.927. The van der Waals surface area contributed by atoms with Crippen LogP contribution < -0.4 is 0 Å². The molecule has 0 rings (SSSR count). The first-order valence-electron chi connectivity index (χ1n) is 3.62. The smallest absolute Gasteiger partial charge is 0.0236 e. The average molecular weight is 102 g/mol. The Morgan fingerprint density at radius 1 is 1.57 bits per heavy atom. The van der Waals surface area contributed by atoms with E-state index >= 15 is 0 Å². The van der Waals surface area contributed by atoms with Crippen LogP contribution in [0.5, 0.6) is 0 Å². The minimum atomic E-state index is 0.259. The highest BCUT2D eigenvalue weighted by atomic mass is 14.1. The predicted molar refractivity (Wildman–Crippen MR) is 34.4 cm³/mol. The van der Waals surface area contributed by atoms with Gasteiger partial charge in [-0.25, -0.2) is 0 Å². The summed E-state index contributed by atoms with van der Waals surface area (Å²) >= 11 is 0. The maximum atomic E-state index is 7.11. The van der Waals surface area contributed by atoms with E-state index in [1.807, 2.05) is 0 Å². The van der Waals surface area contributed by atoms with Crippen molar-refractivity contribution in [1.82, 2.24) is 0 Å². The second-order valence-corrected chi connectivity index (χ2v) is 2.91. The van der Waals surface area contributed by atoms with Crippen LogP contribution in [0.1, 0.15) is 41.9 Å². The molecule has 0 heterocycles. The van der Waals surface area contributed by atoms with Gasteiger partial charge in [0.15, 0.2) is 0 Å². The molecule has 0 spiro atoms. The molecule has 0 aliphatic heterocycles. The van der Waals surface area contributed by atoms with Gasteiger partial charge in [-0.2, -0.15) is 0 Å². The third-order valence-electron chi connectivity index (χ3n) is 0.927. The van der Waals surface area contributed by atoms with Crippen molar-refractivity contribution < 1.29 is 1.37 Å². The van der Waals surface area contributed by atoms with Gasteiger partial charge in [-0.15, -0.1) is 0 Å². The lowest BCUT2D eigenvalue weighted by Crippen LogP contribution is -2.02. The van der Waals surface area contributed by atoms with Crippen LogP contribution in [0.15, 0.2) is 0 Å². The molecule has 0 aromatic carbocycles. The summed E-state index contributed by atoms with van der Waals surface area (Å²) in [5, 5.41) is 0. The first-order valence-corrected chi connectivity index (χ1v) is 2.91. The fourth-order valence-electron chi connectivity index (χ4n) is 0.677. The van der Waals surface area contributed by atoms with Crippen molar-refractivity contribution >= 4 is 0 Å². The topological polar surface area (TPSA) is 0 Å². The van der Waals surface area contributed by atoms with Gasteiger partial charge in [0.25, 0.3) is 0 Å². The fraction of sp³-hybridized carbons (Fsp3) is 1.00. The second kappa shape index (κ2) is 2.34. The molecule has 0 unspecified atom stereocenters. The zero-order chi connectivity index (χ0) is 6.62. The molecule has 0 radical (unpaired) electrons. The molecule has 0 aromatic heterocycles. The summed E-state index contributed by atoms with van der Waals surface area (Å²) in [6.45, 7) is 7.01. The molecule has 0 saturated heterocycles. The van der Waals surface area contributed by atoms with Gasteiger partial charge in [0, 0.05) is 1.37 Å². The Labute approximate surface area is 48.3 Å². The zero-order valence-electron chi connectivity index (χ0n) is 6.62. The highest BCUT2D eigenvalue weighted by Gasteiger charge is 2.06. The molecule has 0 N–H and O–H groups in total. The summed E-state index contributed by atoms with van der Waals surface area (Å²) < 4.78 is 7.11. The minimum Gasteiger partial charge on any atom is -0.0654 e. The van der Waals surface area contributed by atoms with E-state index in [4.69, 9.17) is 1.37 Å². The van der Waals surface area contributed by atoms with Gasteiger partial charge in [-0.3, -0.25) is 0 Å². The van der Waals surface area contributed by atoms with E-state index in [1.165, 1.54) is 12.8 Å². The molecule has 0 amide bonds. The largest absolute Gasteiger partial charge is 0.0654 e. The standard InChI is InChI=1S/C7H16/c1-5-6-7(2,3)4/h5-6H2,1-4H3/i2T. The lowest BCUT2D eigenvalue weighted by molar-refractivity contribution is 0.373. The molecule has 0 nitrogen and oxygen atoms in total. The molecule has 0 fully saturated rings. The maximum Gasteiger partial charge on any atom is 0.0236 e. The highest BCUT2D eigenvalue weighted by molar-refractivity contribution is 4.58. The quantitative estimate of drug-likeness (QED) is 0.477. The van der Waals surface area contributed by atoms with E-state index in [2.05, 4.69) is 20.8 Å². The van der Waals surface area contributed by atoms with Gasteiger partial charge in [0.1, 0.15) is 0 Å². The zero-order valence-corrected chi connectivity index (χ0v) is 5.62. The molecular weight excluding hydrogens is 84.1 g/mol. The van der Waals surface area contributed by atoms with Gasteiger partial charge in [0.2, 0.25) is 0 Å². The Bertz CT molecular complexity index is 57.4. The van der Waals surface area contributed by atoms with Gasteiger partial charge in [0.05, 0.1) is 0 Å². The van der Waals surface area contributed by atoms with Crippen molar-refractivity contribution in [3.8, 4) is 0 Å². The number of hydrogen-bond donors (Lipinski definition) is 0. The molecule has 0 heteroatoms. The summed E-state index contributed by atoms with van der Waals surface area (Å²) in [4.78, 5) is 0. The highest BCUT2D eigenvalue weighted by Crippen LogP contribution is 2.19. The lowest BCUT2D eigenvalue weighted by Gasteiger charge is -2.15. The average Bonchev–Trinajstić information content (AvgIpc) is 1.67. The van der Waals surface area contributed by atoms with Gasteiger partial charge < -0.3 is 0 Å². The van der Waals surface area contributed by atoms with Crippen LogP contribution in [0, 0.1) is 5.41 Å². The van der Waals surface area contributed by atoms with Crippen molar-refractivity contribution in [2.45, 2.75) is 40.5 Å². The Hall–Kier alpha value is 0. The van der Waals surface area contributed by atoms with Crippen LogP contribution >= 0.6 is 0 Å². The van der Waals surface area contributed by atoms with Crippen molar-refractivity contribution in [3.05, 3.63) is 0 Å². The van der Waals surface area contributed by atoms with Gasteiger partial charge in [-0.05, 0) is 11.8 Å². The summed E-state index contributed by atoms with van der Waals surface area (Å²) in [5.74, 6) is 0. The summed E-state index contributed by atoms with van der Waals surface area (Å²) in [6.07, 6.45) is 2.38. The molecule has 0 atom stereocenters.